The molecule has 1 aliphatic heterocycles. The molecule has 6 nitrogen and oxygen atoms in total. The van der Waals surface area contributed by atoms with Gasteiger partial charge in [0.15, 0.2) is 0 Å². The SMILES string of the molecule is CC(C)Oc1ccc([C@@H]2CC(=O)Nc3c2ncn3-c2cccnc2)cc1. The summed E-state index contributed by atoms with van der Waals surface area (Å²) in [4.78, 5) is 21.0. The molecule has 26 heavy (non-hydrogen) atoms. The quantitative estimate of drug-likeness (QED) is 0.783. The van der Waals surface area contributed by atoms with E-state index in [1.54, 1.807) is 18.7 Å². The fourth-order valence-corrected chi connectivity index (χ4v) is 3.23. The van der Waals surface area contributed by atoms with Crippen LogP contribution in [0.5, 0.6) is 5.75 Å². The summed E-state index contributed by atoms with van der Waals surface area (Å²) in [6.07, 6.45) is 5.70. The predicted octanol–water partition coefficient (Wildman–Crippen LogP) is 3.53. The number of carbonyl (C=O) groups is 1. The number of nitrogens with zero attached hydrogens (tertiary/aromatic N) is 3. The highest BCUT2D eigenvalue weighted by Crippen LogP contribution is 2.37. The molecular weight excluding hydrogens is 328 g/mol. The Morgan fingerprint density at radius 2 is 2.04 bits per heavy atom. The van der Waals surface area contributed by atoms with Crippen molar-refractivity contribution in [3.8, 4) is 11.4 Å². The van der Waals surface area contributed by atoms with Crippen molar-refractivity contribution in [2.75, 3.05) is 5.32 Å². The van der Waals surface area contributed by atoms with Gasteiger partial charge in [-0.25, -0.2) is 4.98 Å². The Kier molecular flexibility index (Phi) is 4.16. The van der Waals surface area contributed by atoms with Crippen molar-refractivity contribution in [1.29, 1.82) is 0 Å². The van der Waals surface area contributed by atoms with Gasteiger partial charge in [-0.1, -0.05) is 12.1 Å². The maximum absolute atomic E-state index is 12.3. The number of imidazole rings is 1. The first kappa shape index (κ1) is 16.3. The zero-order valence-electron chi connectivity index (χ0n) is 14.7. The molecule has 132 valence electrons. The van der Waals surface area contributed by atoms with Crippen LogP contribution < -0.4 is 10.1 Å². The molecule has 2 aromatic heterocycles. The van der Waals surface area contributed by atoms with Crippen molar-refractivity contribution in [1.82, 2.24) is 14.5 Å². The minimum atomic E-state index is -0.0789. The van der Waals surface area contributed by atoms with Crippen molar-refractivity contribution in [2.24, 2.45) is 0 Å². The Balaban J connectivity index is 1.70. The Labute approximate surface area is 151 Å². The van der Waals surface area contributed by atoms with E-state index in [4.69, 9.17) is 4.74 Å². The molecule has 0 saturated carbocycles. The molecule has 0 aliphatic carbocycles. The van der Waals surface area contributed by atoms with Crippen molar-refractivity contribution in [2.45, 2.75) is 32.3 Å². The van der Waals surface area contributed by atoms with Gasteiger partial charge in [0.05, 0.1) is 23.7 Å². The molecule has 0 unspecified atom stereocenters. The van der Waals surface area contributed by atoms with Crippen LogP contribution in [0.3, 0.4) is 0 Å². The number of aromatic nitrogens is 3. The van der Waals surface area contributed by atoms with E-state index in [0.29, 0.717) is 12.2 Å². The molecule has 0 radical (unpaired) electrons. The highest BCUT2D eigenvalue weighted by atomic mass is 16.5. The van der Waals surface area contributed by atoms with Gasteiger partial charge in [-0.3, -0.25) is 14.3 Å². The molecule has 0 bridgehead atoms. The second kappa shape index (κ2) is 6.63. The molecule has 1 aliphatic rings. The number of anilines is 1. The number of pyridine rings is 1. The molecule has 1 aromatic carbocycles. The average Bonchev–Trinajstić information content (AvgIpc) is 3.05. The summed E-state index contributed by atoms with van der Waals surface area (Å²) in [5.41, 5.74) is 2.78. The lowest BCUT2D eigenvalue weighted by atomic mass is 9.90. The number of ether oxygens (including phenoxy) is 1. The molecular formula is C20H20N4O2. The number of hydrogen-bond donors (Lipinski definition) is 1. The van der Waals surface area contributed by atoms with E-state index in [1.165, 1.54) is 0 Å². The maximum Gasteiger partial charge on any atom is 0.226 e. The van der Waals surface area contributed by atoms with Gasteiger partial charge in [-0.15, -0.1) is 0 Å². The summed E-state index contributed by atoms with van der Waals surface area (Å²) in [5.74, 6) is 1.44. The first-order valence-electron chi connectivity index (χ1n) is 8.66. The number of carbonyl (C=O) groups excluding carboxylic acids is 1. The van der Waals surface area contributed by atoms with E-state index in [0.717, 1.165) is 22.7 Å². The smallest absolute Gasteiger partial charge is 0.226 e. The zero-order valence-corrected chi connectivity index (χ0v) is 14.7. The minimum Gasteiger partial charge on any atom is -0.491 e. The number of hydrogen-bond acceptors (Lipinski definition) is 4. The predicted molar refractivity (Wildman–Crippen MR) is 98.7 cm³/mol. The van der Waals surface area contributed by atoms with Crippen LogP contribution in [0.4, 0.5) is 5.82 Å². The molecule has 1 atom stereocenters. The number of fused-ring (bicyclic) bond motifs is 1. The summed E-state index contributed by atoms with van der Waals surface area (Å²) in [6.45, 7) is 3.99. The van der Waals surface area contributed by atoms with Gasteiger partial charge in [0.2, 0.25) is 5.91 Å². The molecule has 3 heterocycles. The maximum atomic E-state index is 12.3. The van der Waals surface area contributed by atoms with E-state index < -0.39 is 0 Å². The summed E-state index contributed by atoms with van der Waals surface area (Å²) in [5, 5.41) is 2.95. The summed E-state index contributed by atoms with van der Waals surface area (Å²) in [6, 6.07) is 11.7. The number of benzene rings is 1. The van der Waals surface area contributed by atoms with Crippen molar-refractivity contribution < 1.29 is 9.53 Å². The number of rotatable bonds is 4. The van der Waals surface area contributed by atoms with Gasteiger partial charge < -0.3 is 10.1 Å². The Morgan fingerprint density at radius 1 is 1.23 bits per heavy atom. The van der Waals surface area contributed by atoms with Crippen LogP contribution in [0.2, 0.25) is 0 Å². The van der Waals surface area contributed by atoms with Crippen molar-refractivity contribution >= 4 is 11.7 Å². The lowest BCUT2D eigenvalue weighted by Crippen LogP contribution is -2.24. The third-order valence-corrected chi connectivity index (χ3v) is 4.35. The minimum absolute atomic E-state index is 0.0179. The fraction of sp³-hybridized carbons (Fsp3) is 0.250. The average molecular weight is 348 g/mol. The zero-order chi connectivity index (χ0) is 18.1. The standard InChI is InChI=1S/C20H20N4O2/c1-13(2)26-16-7-5-14(6-8-16)17-10-18(25)23-20-19(17)22-12-24(20)15-4-3-9-21-11-15/h3-9,11-13,17H,10H2,1-2H3,(H,23,25)/t17-/m0/s1. The summed E-state index contributed by atoms with van der Waals surface area (Å²) >= 11 is 0. The van der Waals surface area contributed by atoms with E-state index in [1.807, 2.05) is 54.8 Å². The third-order valence-electron chi connectivity index (χ3n) is 4.35. The van der Waals surface area contributed by atoms with Crippen LogP contribution in [0.15, 0.2) is 55.1 Å². The summed E-state index contributed by atoms with van der Waals surface area (Å²) < 4.78 is 7.57. The van der Waals surface area contributed by atoms with Gasteiger partial charge in [-0.2, -0.15) is 0 Å². The van der Waals surface area contributed by atoms with Crippen LogP contribution in [-0.2, 0) is 4.79 Å². The highest BCUT2D eigenvalue weighted by molar-refractivity contribution is 5.94. The Hall–Kier alpha value is -3.15. The van der Waals surface area contributed by atoms with Gasteiger partial charge in [0.1, 0.15) is 17.9 Å². The van der Waals surface area contributed by atoms with E-state index in [9.17, 15) is 4.79 Å². The molecule has 0 fully saturated rings. The van der Waals surface area contributed by atoms with Crippen LogP contribution in [0.1, 0.15) is 37.4 Å². The van der Waals surface area contributed by atoms with Crippen LogP contribution in [0.25, 0.3) is 5.69 Å². The molecule has 3 aromatic rings. The van der Waals surface area contributed by atoms with E-state index in [2.05, 4.69) is 15.3 Å². The first-order chi connectivity index (χ1) is 12.6. The second-order valence-electron chi connectivity index (χ2n) is 6.60. The van der Waals surface area contributed by atoms with Crippen LogP contribution in [-0.4, -0.2) is 26.5 Å². The number of amides is 1. The molecule has 0 spiro atoms. The highest BCUT2D eigenvalue weighted by Gasteiger charge is 2.31. The van der Waals surface area contributed by atoms with Crippen LogP contribution in [0, 0.1) is 0 Å². The van der Waals surface area contributed by atoms with Gasteiger partial charge in [0.25, 0.3) is 0 Å². The van der Waals surface area contributed by atoms with Crippen molar-refractivity contribution in [3.63, 3.8) is 0 Å². The van der Waals surface area contributed by atoms with Gasteiger partial charge >= 0.3 is 0 Å². The Bertz CT molecular complexity index is 917. The molecule has 0 saturated heterocycles. The summed E-state index contributed by atoms with van der Waals surface area (Å²) in [7, 11) is 0. The van der Waals surface area contributed by atoms with Crippen LogP contribution >= 0.6 is 0 Å². The van der Waals surface area contributed by atoms with Crippen molar-refractivity contribution in [3.05, 3.63) is 66.4 Å². The molecule has 6 heteroatoms. The van der Waals surface area contributed by atoms with Gasteiger partial charge in [0, 0.05) is 18.5 Å². The molecule has 1 N–H and O–H groups in total. The van der Waals surface area contributed by atoms with E-state index in [-0.39, 0.29) is 17.9 Å². The lowest BCUT2D eigenvalue weighted by molar-refractivity contribution is -0.116. The third kappa shape index (κ3) is 3.06. The monoisotopic (exact) mass is 348 g/mol. The Morgan fingerprint density at radius 3 is 2.73 bits per heavy atom. The molecule has 4 rings (SSSR count). The largest absolute Gasteiger partial charge is 0.491 e. The second-order valence-corrected chi connectivity index (χ2v) is 6.60. The number of nitrogens with one attached hydrogen (secondary N) is 1. The normalized spacial score (nSPS) is 16.3. The molecule has 1 amide bonds. The first-order valence-corrected chi connectivity index (χ1v) is 8.66. The topological polar surface area (TPSA) is 69.0 Å². The lowest BCUT2D eigenvalue weighted by Gasteiger charge is -2.23. The fourth-order valence-electron chi connectivity index (χ4n) is 3.23. The van der Waals surface area contributed by atoms with Gasteiger partial charge in [-0.05, 0) is 43.7 Å². The van der Waals surface area contributed by atoms with E-state index >= 15 is 0 Å².